The summed E-state index contributed by atoms with van der Waals surface area (Å²) in [5, 5.41) is 16.8. The van der Waals surface area contributed by atoms with Crippen LogP contribution < -0.4 is 31.1 Å². The molecule has 2 aliphatic rings. The monoisotopic (exact) mass is 608 g/mol. The van der Waals surface area contributed by atoms with Gasteiger partial charge < -0.3 is 31.3 Å². The number of carbonyl (C=O) groups is 3. The van der Waals surface area contributed by atoms with Gasteiger partial charge in [0.2, 0.25) is 5.91 Å². The van der Waals surface area contributed by atoms with Crippen molar-refractivity contribution in [2.24, 2.45) is 11.7 Å². The van der Waals surface area contributed by atoms with Gasteiger partial charge in [0.05, 0.1) is 41.9 Å². The standard InChI is InChI=1S/C33H36N8O4/c1-21-13-24(34)19-40(17-21)28-9-10-35-16-27(28)38-32(43)31-29(41(33(44)45)18-22-5-3-2-4-6-22)14-23-7-8-25(15-26(23)37-31)39-12-11-36-30(42)20-39/h2-10,14-16,21,24H,11-13,17-20,34H2,1H3,(H,36,42)(H,38,43)(H,44,45)/t21-,24+/m1/s1. The predicted molar refractivity (Wildman–Crippen MR) is 174 cm³/mol. The van der Waals surface area contributed by atoms with Crippen LogP contribution in [0.2, 0.25) is 0 Å². The molecule has 12 heteroatoms. The lowest BCUT2D eigenvalue weighted by Crippen LogP contribution is -2.47. The van der Waals surface area contributed by atoms with E-state index in [1.165, 1.54) is 0 Å². The van der Waals surface area contributed by atoms with Crippen LogP contribution in [0.5, 0.6) is 0 Å². The van der Waals surface area contributed by atoms with Crippen LogP contribution in [0.25, 0.3) is 10.9 Å². The average molecular weight is 609 g/mol. The first-order valence-electron chi connectivity index (χ1n) is 15.0. The SMILES string of the molecule is C[C@@H]1C[C@H](N)CN(c2ccncc2NC(=O)c2nc3cc(N4CCNC(=O)C4)ccc3cc2N(Cc2ccccc2)C(=O)O)C1. The number of nitrogens with one attached hydrogen (secondary N) is 2. The molecular formula is C33H36N8O4. The molecule has 0 spiro atoms. The summed E-state index contributed by atoms with van der Waals surface area (Å²) in [6.45, 7) is 4.95. The summed E-state index contributed by atoms with van der Waals surface area (Å²) < 4.78 is 0. The number of hydrogen-bond acceptors (Lipinski definition) is 8. The van der Waals surface area contributed by atoms with E-state index in [-0.39, 0.29) is 36.4 Å². The van der Waals surface area contributed by atoms with E-state index >= 15 is 0 Å². The Bertz CT molecular complexity index is 1720. The van der Waals surface area contributed by atoms with Gasteiger partial charge in [-0.1, -0.05) is 43.3 Å². The number of piperidine rings is 1. The first-order chi connectivity index (χ1) is 21.7. The molecule has 0 unspecified atom stereocenters. The molecule has 12 nitrogen and oxygen atoms in total. The minimum atomic E-state index is -1.22. The smallest absolute Gasteiger partial charge is 0.412 e. The number of carbonyl (C=O) groups excluding carboxylic acids is 2. The van der Waals surface area contributed by atoms with E-state index in [0.717, 1.165) is 34.8 Å². The van der Waals surface area contributed by atoms with E-state index in [2.05, 4.69) is 27.4 Å². The Labute approximate surface area is 260 Å². The van der Waals surface area contributed by atoms with Crippen molar-refractivity contribution in [3.05, 3.63) is 84.3 Å². The third-order valence-electron chi connectivity index (χ3n) is 8.18. The summed E-state index contributed by atoms with van der Waals surface area (Å²) in [7, 11) is 0. The molecule has 2 aromatic carbocycles. The molecule has 2 aliphatic heterocycles. The molecule has 6 rings (SSSR count). The number of anilines is 4. The normalized spacial score (nSPS) is 18.4. The Morgan fingerprint density at radius 1 is 1.11 bits per heavy atom. The lowest BCUT2D eigenvalue weighted by atomic mass is 9.96. The highest BCUT2D eigenvalue weighted by Gasteiger charge is 2.28. The van der Waals surface area contributed by atoms with Crippen molar-refractivity contribution in [2.45, 2.75) is 25.9 Å². The zero-order chi connectivity index (χ0) is 31.5. The first kappa shape index (κ1) is 29.8. The number of nitrogens with zero attached hydrogens (tertiary/aromatic N) is 5. The molecule has 0 aliphatic carbocycles. The fourth-order valence-electron chi connectivity index (χ4n) is 6.13. The van der Waals surface area contributed by atoms with Gasteiger partial charge >= 0.3 is 6.09 Å². The van der Waals surface area contributed by atoms with E-state index < -0.39 is 12.0 Å². The molecule has 2 saturated heterocycles. The summed E-state index contributed by atoms with van der Waals surface area (Å²) in [4.78, 5) is 53.1. The Hall–Kier alpha value is -5.23. The number of nitrogens with two attached hydrogens (primary N) is 1. The van der Waals surface area contributed by atoms with Gasteiger partial charge in [-0.3, -0.25) is 19.5 Å². The van der Waals surface area contributed by atoms with Crippen LogP contribution in [0, 0.1) is 5.92 Å². The van der Waals surface area contributed by atoms with Gasteiger partial charge in [0, 0.05) is 49.5 Å². The van der Waals surface area contributed by atoms with Crippen LogP contribution in [0.3, 0.4) is 0 Å². The number of pyridine rings is 2. The largest absolute Gasteiger partial charge is 0.465 e. The van der Waals surface area contributed by atoms with Crippen molar-refractivity contribution >= 4 is 51.6 Å². The van der Waals surface area contributed by atoms with E-state index in [4.69, 9.17) is 10.7 Å². The maximum absolute atomic E-state index is 14.1. The minimum absolute atomic E-state index is 0.00140. The van der Waals surface area contributed by atoms with E-state index in [9.17, 15) is 19.5 Å². The summed E-state index contributed by atoms with van der Waals surface area (Å²) in [5.74, 6) is -0.266. The molecule has 4 heterocycles. The van der Waals surface area contributed by atoms with E-state index in [0.29, 0.717) is 42.1 Å². The fraction of sp³-hybridized carbons (Fsp3) is 0.303. The quantitative estimate of drug-likeness (QED) is 0.246. The lowest BCUT2D eigenvalue weighted by Gasteiger charge is -2.37. The van der Waals surface area contributed by atoms with Gasteiger partial charge in [-0.2, -0.15) is 0 Å². The second-order valence-electron chi connectivity index (χ2n) is 11.7. The second kappa shape index (κ2) is 12.8. The number of hydrogen-bond donors (Lipinski definition) is 4. The Morgan fingerprint density at radius 2 is 1.93 bits per heavy atom. The fourth-order valence-corrected chi connectivity index (χ4v) is 6.13. The average Bonchev–Trinajstić information content (AvgIpc) is 3.03. The maximum atomic E-state index is 14.1. The zero-order valence-electron chi connectivity index (χ0n) is 25.0. The van der Waals surface area contributed by atoms with Crippen molar-refractivity contribution in [2.75, 3.05) is 52.7 Å². The summed E-state index contributed by atoms with van der Waals surface area (Å²) in [6.07, 6.45) is 2.95. The number of benzene rings is 2. The highest BCUT2D eigenvalue weighted by Crippen LogP contribution is 2.32. The Kier molecular flexibility index (Phi) is 8.47. The van der Waals surface area contributed by atoms with Crippen molar-refractivity contribution in [1.82, 2.24) is 15.3 Å². The summed E-state index contributed by atoms with van der Waals surface area (Å²) >= 11 is 0. The van der Waals surface area contributed by atoms with E-state index in [1.54, 1.807) is 18.5 Å². The topological polar surface area (TPSA) is 157 Å². The number of piperazine rings is 1. The maximum Gasteiger partial charge on any atom is 0.412 e. The molecule has 2 atom stereocenters. The van der Waals surface area contributed by atoms with Crippen LogP contribution >= 0.6 is 0 Å². The first-order valence-corrected chi connectivity index (χ1v) is 15.0. The Balaban J connectivity index is 1.41. The van der Waals surface area contributed by atoms with Crippen LogP contribution in [-0.2, 0) is 11.3 Å². The van der Waals surface area contributed by atoms with Crippen molar-refractivity contribution in [3.8, 4) is 0 Å². The molecule has 2 aromatic heterocycles. The Morgan fingerprint density at radius 3 is 2.69 bits per heavy atom. The number of rotatable bonds is 7. The predicted octanol–water partition coefficient (Wildman–Crippen LogP) is 3.68. The number of amides is 3. The van der Waals surface area contributed by atoms with Gasteiger partial charge in [0.1, 0.15) is 0 Å². The molecule has 3 amide bonds. The summed E-state index contributed by atoms with van der Waals surface area (Å²) in [5.41, 5.74) is 9.74. The third kappa shape index (κ3) is 6.65. The molecular weight excluding hydrogens is 572 g/mol. The van der Waals surface area contributed by atoms with Crippen molar-refractivity contribution in [1.29, 1.82) is 0 Å². The van der Waals surface area contributed by atoms with Crippen molar-refractivity contribution < 1.29 is 19.5 Å². The highest BCUT2D eigenvalue weighted by molar-refractivity contribution is 6.11. The van der Waals surface area contributed by atoms with Crippen LogP contribution in [0.15, 0.2) is 73.1 Å². The molecule has 0 radical (unpaired) electrons. The van der Waals surface area contributed by atoms with Crippen molar-refractivity contribution in [3.63, 3.8) is 0 Å². The van der Waals surface area contributed by atoms with Crippen LogP contribution in [0.1, 0.15) is 29.4 Å². The molecule has 0 saturated carbocycles. The number of aromatic nitrogens is 2. The molecule has 5 N–H and O–H groups in total. The highest BCUT2D eigenvalue weighted by atomic mass is 16.4. The molecule has 45 heavy (non-hydrogen) atoms. The molecule has 232 valence electrons. The van der Waals surface area contributed by atoms with Crippen LogP contribution in [0.4, 0.5) is 27.5 Å². The van der Waals surface area contributed by atoms with Gasteiger partial charge in [0.25, 0.3) is 5.91 Å². The van der Waals surface area contributed by atoms with Gasteiger partial charge in [0.15, 0.2) is 5.69 Å². The van der Waals surface area contributed by atoms with Gasteiger partial charge in [-0.05, 0) is 42.2 Å². The molecule has 4 aromatic rings. The summed E-state index contributed by atoms with van der Waals surface area (Å²) in [6, 6.07) is 18.2. The number of fused-ring (bicyclic) bond motifs is 1. The second-order valence-corrected chi connectivity index (χ2v) is 11.7. The van der Waals surface area contributed by atoms with Crippen LogP contribution in [-0.4, -0.2) is 71.7 Å². The molecule has 2 fully saturated rings. The van der Waals surface area contributed by atoms with Gasteiger partial charge in [-0.15, -0.1) is 0 Å². The molecule has 0 bridgehead atoms. The zero-order valence-corrected chi connectivity index (χ0v) is 25.0. The number of carboxylic acid groups (broad SMARTS) is 1. The third-order valence-corrected chi connectivity index (χ3v) is 8.18. The lowest BCUT2D eigenvalue weighted by molar-refractivity contribution is -0.120. The van der Waals surface area contributed by atoms with Gasteiger partial charge in [-0.25, -0.2) is 9.78 Å². The minimum Gasteiger partial charge on any atom is -0.465 e. The van der Waals surface area contributed by atoms with E-state index in [1.807, 2.05) is 59.5 Å².